The predicted octanol–water partition coefficient (Wildman–Crippen LogP) is 5.70. The molecule has 2 amide bonds. The number of nitrogens with one attached hydrogen (secondary N) is 1. The smallest absolute Gasteiger partial charge is 0.264 e. The minimum absolute atomic E-state index is 0.0385. The van der Waals surface area contributed by atoms with Gasteiger partial charge in [-0.2, -0.15) is 0 Å². The Balaban J connectivity index is 1.80. The number of benzene rings is 4. The second kappa shape index (κ2) is 16.6. The Morgan fingerprint density at radius 2 is 1.45 bits per heavy atom. The molecule has 10 heteroatoms. The van der Waals surface area contributed by atoms with Gasteiger partial charge in [0, 0.05) is 19.5 Å². The number of carbonyl (C=O) groups excluding carboxylic acids is 2. The summed E-state index contributed by atoms with van der Waals surface area (Å²) < 4.78 is 40.4. The van der Waals surface area contributed by atoms with E-state index in [0.29, 0.717) is 24.7 Å². The molecule has 9 nitrogen and oxygen atoms in total. The zero-order chi connectivity index (χ0) is 33.8. The summed E-state index contributed by atoms with van der Waals surface area (Å²) in [6.07, 6.45) is 0.231. The minimum Gasteiger partial charge on any atom is -0.497 e. The lowest BCUT2D eigenvalue weighted by atomic mass is 10.0. The van der Waals surface area contributed by atoms with Crippen molar-refractivity contribution in [3.63, 3.8) is 0 Å². The van der Waals surface area contributed by atoms with Crippen molar-refractivity contribution in [3.8, 4) is 11.5 Å². The van der Waals surface area contributed by atoms with Crippen LogP contribution in [-0.4, -0.2) is 58.0 Å². The van der Waals surface area contributed by atoms with Gasteiger partial charge in [-0.25, -0.2) is 8.42 Å². The first-order chi connectivity index (χ1) is 22.6. The van der Waals surface area contributed by atoms with E-state index in [1.165, 1.54) is 17.0 Å². The van der Waals surface area contributed by atoms with Crippen molar-refractivity contribution < 1.29 is 27.5 Å². The standard InChI is InChI=1S/C37H43N3O6S/c1-5-46-32-21-19-31(20-22-32)40(47(43,44)34-17-10-7-11-18-34)27-36(41)39(26-30-15-12-16-33(23-30)45-4)35(37(42)38-25-28(2)3)24-29-13-8-6-9-14-29/h6-23,28,35H,5,24-27H2,1-4H3,(H,38,42). The summed E-state index contributed by atoms with van der Waals surface area (Å²) in [7, 11) is -2.63. The van der Waals surface area contributed by atoms with Crippen molar-refractivity contribution in [2.75, 3.05) is 31.1 Å². The summed E-state index contributed by atoms with van der Waals surface area (Å²) in [4.78, 5) is 30.0. The monoisotopic (exact) mass is 657 g/mol. The second-order valence-electron chi connectivity index (χ2n) is 11.5. The molecule has 0 saturated carbocycles. The van der Waals surface area contributed by atoms with Crippen LogP contribution >= 0.6 is 0 Å². The third-order valence-corrected chi connectivity index (χ3v) is 9.28. The van der Waals surface area contributed by atoms with Crippen molar-refractivity contribution in [2.24, 2.45) is 5.92 Å². The maximum absolute atomic E-state index is 14.6. The number of sulfonamides is 1. The van der Waals surface area contributed by atoms with Crippen LogP contribution in [0.3, 0.4) is 0 Å². The van der Waals surface area contributed by atoms with Crippen molar-refractivity contribution in [3.05, 3.63) is 120 Å². The highest BCUT2D eigenvalue weighted by Gasteiger charge is 2.34. The van der Waals surface area contributed by atoms with Gasteiger partial charge in [0.15, 0.2) is 0 Å². The van der Waals surface area contributed by atoms with E-state index in [4.69, 9.17) is 9.47 Å². The Kier molecular flexibility index (Phi) is 12.4. The first kappa shape index (κ1) is 35.0. The number of methoxy groups -OCH3 is 1. The lowest BCUT2D eigenvalue weighted by molar-refractivity contribution is -0.140. The summed E-state index contributed by atoms with van der Waals surface area (Å²) >= 11 is 0. The van der Waals surface area contributed by atoms with E-state index in [1.54, 1.807) is 61.7 Å². The third kappa shape index (κ3) is 9.59. The molecule has 0 spiro atoms. The van der Waals surface area contributed by atoms with Crippen LogP contribution in [0.4, 0.5) is 5.69 Å². The molecule has 0 saturated heterocycles. The molecule has 248 valence electrons. The van der Waals surface area contributed by atoms with Gasteiger partial charge in [0.05, 0.1) is 24.3 Å². The van der Waals surface area contributed by atoms with E-state index in [1.807, 2.05) is 63.2 Å². The van der Waals surface area contributed by atoms with Gasteiger partial charge in [0.1, 0.15) is 24.1 Å². The highest BCUT2D eigenvalue weighted by Crippen LogP contribution is 2.27. The Bertz CT molecular complexity index is 1700. The molecule has 4 rings (SSSR count). The molecule has 4 aromatic rings. The van der Waals surface area contributed by atoms with Crippen LogP contribution < -0.4 is 19.1 Å². The quantitative estimate of drug-likeness (QED) is 0.166. The first-order valence-electron chi connectivity index (χ1n) is 15.7. The molecule has 0 aliphatic heterocycles. The Labute approximate surface area is 278 Å². The van der Waals surface area contributed by atoms with Crippen molar-refractivity contribution in [1.29, 1.82) is 0 Å². The highest BCUT2D eigenvalue weighted by atomic mass is 32.2. The second-order valence-corrected chi connectivity index (χ2v) is 13.3. The molecule has 0 radical (unpaired) electrons. The SMILES string of the molecule is CCOc1ccc(N(CC(=O)N(Cc2cccc(OC)c2)C(Cc2ccccc2)C(=O)NCC(C)C)S(=O)(=O)c2ccccc2)cc1. The van der Waals surface area contributed by atoms with Gasteiger partial charge in [-0.15, -0.1) is 0 Å². The van der Waals surface area contributed by atoms with Crippen LogP contribution in [0, 0.1) is 5.92 Å². The predicted molar refractivity (Wildman–Crippen MR) is 184 cm³/mol. The fraction of sp³-hybridized carbons (Fsp3) is 0.297. The van der Waals surface area contributed by atoms with Crippen LogP contribution in [0.5, 0.6) is 11.5 Å². The summed E-state index contributed by atoms with van der Waals surface area (Å²) in [5, 5.41) is 3.00. The molecule has 0 aliphatic rings. The van der Waals surface area contributed by atoms with E-state index in [0.717, 1.165) is 15.4 Å². The average Bonchev–Trinajstić information content (AvgIpc) is 3.09. The van der Waals surface area contributed by atoms with Crippen molar-refractivity contribution >= 4 is 27.5 Å². The number of hydrogen-bond donors (Lipinski definition) is 1. The van der Waals surface area contributed by atoms with E-state index in [-0.39, 0.29) is 35.4 Å². The minimum atomic E-state index is -4.19. The van der Waals surface area contributed by atoms with Gasteiger partial charge in [-0.05, 0) is 72.5 Å². The van der Waals surface area contributed by atoms with Crippen LogP contribution in [0.25, 0.3) is 0 Å². The fourth-order valence-corrected chi connectivity index (χ4v) is 6.50. The molecular formula is C37H43N3O6S. The van der Waals surface area contributed by atoms with Gasteiger partial charge < -0.3 is 19.7 Å². The fourth-order valence-electron chi connectivity index (χ4n) is 5.07. The normalized spacial score (nSPS) is 11.9. The van der Waals surface area contributed by atoms with Crippen LogP contribution in [0.2, 0.25) is 0 Å². The Morgan fingerprint density at radius 3 is 2.06 bits per heavy atom. The number of rotatable bonds is 16. The summed E-state index contributed by atoms with van der Waals surface area (Å²) in [6.45, 7) is 6.22. The number of hydrogen-bond acceptors (Lipinski definition) is 6. The Hall–Kier alpha value is -4.83. The van der Waals surface area contributed by atoms with Gasteiger partial charge in [-0.3, -0.25) is 13.9 Å². The lowest BCUT2D eigenvalue weighted by Gasteiger charge is -2.34. The Morgan fingerprint density at radius 1 is 0.809 bits per heavy atom. The zero-order valence-corrected chi connectivity index (χ0v) is 28.2. The largest absolute Gasteiger partial charge is 0.497 e. The van der Waals surface area contributed by atoms with Gasteiger partial charge in [0.25, 0.3) is 10.0 Å². The average molecular weight is 658 g/mol. The zero-order valence-electron chi connectivity index (χ0n) is 27.3. The molecule has 4 aromatic carbocycles. The number of amides is 2. The highest BCUT2D eigenvalue weighted by molar-refractivity contribution is 7.92. The number of anilines is 1. The van der Waals surface area contributed by atoms with Gasteiger partial charge >= 0.3 is 0 Å². The first-order valence-corrected chi connectivity index (χ1v) is 17.1. The third-order valence-electron chi connectivity index (χ3n) is 7.49. The van der Waals surface area contributed by atoms with Crippen LogP contribution in [-0.2, 0) is 32.6 Å². The molecule has 0 aliphatic carbocycles. The summed E-state index contributed by atoms with van der Waals surface area (Å²) in [5.41, 5.74) is 1.88. The molecule has 1 N–H and O–H groups in total. The molecular weight excluding hydrogens is 614 g/mol. The van der Waals surface area contributed by atoms with Gasteiger partial charge in [0.2, 0.25) is 11.8 Å². The van der Waals surface area contributed by atoms with Gasteiger partial charge in [-0.1, -0.05) is 74.5 Å². The molecule has 0 fully saturated rings. The van der Waals surface area contributed by atoms with Crippen molar-refractivity contribution in [1.82, 2.24) is 10.2 Å². The topological polar surface area (TPSA) is 105 Å². The van der Waals surface area contributed by atoms with E-state index in [2.05, 4.69) is 5.32 Å². The molecule has 1 unspecified atom stereocenters. The maximum atomic E-state index is 14.6. The maximum Gasteiger partial charge on any atom is 0.264 e. The van der Waals surface area contributed by atoms with E-state index in [9.17, 15) is 18.0 Å². The van der Waals surface area contributed by atoms with Crippen LogP contribution in [0.15, 0.2) is 114 Å². The van der Waals surface area contributed by atoms with Crippen molar-refractivity contribution in [2.45, 2.75) is 44.7 Å². The lowest BCUT2D eigenvalue weighted by Crippen LogP contribution is -2.53. The summed E-state index contributed by atoms with van der Waals surface area (Å²) in [5.74, 6) is 0.495. The molecule has 0 aromatic heterocycles. The van der Waals surface area contributed by atoms with E-state index >= 15 is 0 Å². The number of carbonyl (C=O) groups is 2. The molecule has 1 atom stereocenters. The number of nitrogens with zero attached hydrogens (tertiary/aromatic N) is 2. The van der Waals surface area contributed by atoms with E-state index < -0.39 is 28.5 Å². The summed E-state index contributed by atoms with van der Waals surface area (Å²) in [6, 6.07) is 30.3. The molecule has 0 heterocycles. The number of ether oxygens (including phenoxy) is 2. The molecule has 0 bridgehead atoms. The van der Waals surface area contributed by atoms with Crippen LogP contribution in [0.1, 0.15) is 31.9 Å². The molecule has 47 heavy (non-hydrogen) atoms.